The van der Waals surface area contributed by atoms with Gasteiger partial charge in [0.15, 0.2) is 17.2 Å². The summed E-state index contributed by atoms with van der Waals surface area (Å²) in [6, 6.07) is 1.69. The number of aromatic carboxylic acids is 1. The number of benzene rings is 1. The summed E-state index contributed by atoms with van der Waals surface area (Å²) >= 11 is 0. The number of aromatic hydroxyl groups is 3. The molecule has 0 unspecified atom stereocenters. The van der Waals surface area contributed by atoms with E-state index in [4.69, 9.17) is 30.6 Å². The molecule has 0 bridgehead atoms. The first-order valence-electron chi connectivity index (χ1n) is 5.14. The second-order valence-corrected chi connectivity index (χ2v) is 3.32. The number of phenols is 3. The molecule has 0 saturated carbocycles. The van der Waals surface area contributed by atoms with E-state index in [9.17, 15) is 4.79 Å². The molecule has 6 N–H and O–H groups in total. The molecule has 0 amide bonds. The molecule has 0 aliphatic heterocycles. The zero-order chi connectivity index (χ0) is 14.1. The number of aliphatic hydroxyl groups excluding tert-OH is 2. The van der Waals surface area contributed by atoms with E-state index in [1.165, 1.54) is 0 Å². The smallest absolute Gasteiger partial charge is 0.335 e. The van der Waals surface area contributed by atoms with Gasteiger partial charge in [0.1, 0.15) is 0 Å². The van der Waals surface area contributed by atoms with Crippen molar-refractivity contribution in [2.45, 2.75) is 12.8 Å². The summed E-state index contributed by atoms with van der Waals surface area (Å²) < 4.78 is 0. The molecule has 0 aliphatic rings. The van der Waals surface area contributed by atoms with E-state index >= 15 is 0 Å². The number of rotatable bonds is 4. The third-order valence-electron chi connectivity index (χ3n) is 1.88. The van der Waals surface area contributed by atoms with Gasteiger partial charge in [0.25, 0.3) is 0 Å². The summed E-state index contributed by atoms with van der Waals surface area (Å²) in [5.41, 5.74) is -0.289. The first kappa shape index (κ1) is 16.0. The minimum absolute atomic E-state index is 0.195. The van der Waals surface area contributed by atoms with E-state index in [2.05, 4.69) is 0 Å². The average molecular weight is 260 g/mol. The van der Waals surface area contributed by atoms with Crippen molar-refractivity contribution in [3.8, 4) is 17.2 Å². The lowest BCUT2D eigenvalue weighted by Gasteiger charge is -2.01. The van der Waals surface area contributed by atoms with Gasteiger partial charge >= 0.3 is 5.97 Å². The molecular formula is C11H16O7. The Morgan fingerprint density at radius 2 is 1.33 bits per heavy atom. The van der Waals surface area contributed by atoms with Crippen molar-refractivity contribution in [2.24, 2.45) is 0 Å². The monoisotopic (exact) mass is 260 g/mol. The molecule has 0 atom stereocenters. The Kier molecular flexibility index (Phi) is 7.25. The fraction of sp³-hybridized carbons (Fsp3) is 0.364. The number of unbranched alkanes of at least 4 members (excludes halogenated alkanes) is 1. The second kappa shape index (κ2) is 8.15. The lowest BCUT2D eigenvalue weighted by atomic mass is 10.2. The minimum atomic E-state index is -1.29. The van der Waals surface area contributed by atoms with Crippen LogP contribution in [0, 0.1) is 0 Å². The van der Waals surface area contributed by atoms with Crippen molar-refractivity contribution in [3.05, 3.63) is 17.7 Å². The van der Waals surface area contributed by atoms with Crippen LogP contribution >= 0.6 is 0 Å². The predicted octanol–water partition coefficient (Wildman–Crippen LogP) is 0.253. The van der Waals surface area contributed by atoms with Gasteiger partial charge in [-0.2, -0.15) is 0 Å². The lowest BCUT2D eigenvalue weighted by molar-refractivity contribution is 0.0696. The first-order valence-corrected chi connectivity index (χ1v) is 5.14. The quantitative estimate of drug-likeness (QED) is 0.337. The van der Waals surface area contributed by atoms with Gasteiger partial charge in [-0.25, -0.2) is 4.79 Å². The number of aliphatic hydroxyl groups is 2. The highest BCUT2D eigenvalue weighted by molar-refractivity contribution is 5.89. The van der Waals surface area contributed by atoms with Crippen LogP contribution < -0.4 is 0 Å². The molecule has 18 heavy (non-hydrogen) atoms. The van der Waals surface area contributed by atoms with Crippen LogP contribution in [0.4, 0.5) is 0 Å². The Hall–Kier alpha value is -1.99. The van der Waals surface area contributed by atoms with Crippen LogP contribution in [0.25, 0.3) is 0 Å². The predicted molar refractivity (Wildman–Crippen MR) is 61.8 cm³/mol. The van der Waals surface area contributed by atoms with Crippen molar-refractivity contribution in [2.75, 3.05) is 13.2 Å². The topological polar surface area (TPSA) is 138 Å². The number of carbonyl (C=O) groups is 1. The summed E-state index contributed by atoms with van der Waals surface area (Å²) in [6.07, 6.45) is 1.44. The summed E-state index contributed by atoms with van der Waals surface area (Å²) in [6.45, 7) is 0.390. The van der Waals surface area contributed by atoms with E-state index in [1.54, 1.807) is 0 Å². The van der Waals surface area contributed by atoms with Crippen LogP contribution in [0.2, 0.25) is 0 Å². The molecule has 1 rings (SSSR count). The second-order valence-electron chi connectivity index (χ2n) is 3.32. The Bertz CT molecular complexity index is 362. The molecule has 7 nitrogen and oxygen atoms in total. The van der Waals surface area contributed by atoms with E-state index in [1.807, 2.05) is 0 Å². The zero-order valence-electron chi connectivity index (χ0n) is 9.57. The molecule has 1 aromatic carbocycles. The van der Waals surface area contributed by atoms with Crippen molar-refractivity contribution in [1.29, 1.82) is 0 Å². The highest BCUT2D eigenvalue weighted by atomic mass is 16.4. The minimum Gasteiger partial charge on any atom is -0.504 e. The van der Waals surface area contributed by atoms with Crippen LogP contribution in [0.3, 0.4) is 0 Å². The Labute approximate surface area is 103 Å². The van der Waals surface area contributed by atoms with E-state index in [0.717, 1.165) is 25.0 Å². The molecular weight excluding hydrogens is 244 g/mol. The molecule has 0 heterocycles. The summed E-state index contributed by atoms with van der Waals surface area (Å²) in [4.78, 5) is 10.3. The number of phenolic OH excluding ortho intramolecular Hbond substituents is 3. The molecule has 1 aromatic rings. The average Bonchev–Trinajstić information content (AvgIpc) is 2.33. The van der Waals surface area contributed by atoms with E-state index in [0.29, 0.717) is 0 Å². The number of hydrogen-bond acceptors (Lipinski definition) is 6. The normalized spacial score (nSPS) is 9.44. The van der Waals surface area contributed by atoms with Gasteiger partial charge < -0.3 is 30.6 Å². The van der Waals surface area contributed by atoms with Gasteiger partial charge in [-0.3, -0.25) is 0 Å². The van der Waals surface area contributed by atoms with Gasteiger partial charge in [-0.15, -0.1) is 0 Å². The largest absolute Gasteiger partial charge is 0.504 e. The van der Waals surface area contributed by atoms with Crippen LogP contribution in [-0.2, 0) is 0 Å². The third-order valence-corrected chi connectivity index (χ3v) is 1.88. The molecule has 7 heteroatoms. The van der Waals surface area contributed by atoms with Crippen LogP contribution in [0.15, 0.2) is 12.1 Å². The van der Waals surface area contributed by atoms with Crippen LogP contribution in [0.5, 0.6) is 17.2 Å². The van der Waals surface area contributed by atoms with Gasteiger partial charge in [0, 0.05) is 13.2 Å². The number of hydrogen-bond donors (Lipinski definition) is 6. The molecule has 0 aromatic heterocycles. The van der Waals surface area contributed by atoms with E-state index < -0.39 is 23.2 Å². The highest BCUT2D eigenvalue weighted by Crippen LogP contribution is 2.35. The Morgan fingerprint density at radius 1 is 0.944 bits per heavy atom. The van der Waals surface area contributed by atoms with Crippen LogP contribution in [-0.4, -0.2) is 49.8 Å². The standard InChI is InChI=1S/C7H6O5.C4H10O2/c8-4-1-3(7(11)12)2-5(9)6(4)10;5-3-1-2-4-6/h1-2,8-10H,(H,11,12);5-6H,1-4H2. The van der Waals surface area contributed by atoms with Crippen LogP contribution in [0.1, 0.15) is 23.2 Å². The van der Waals surface area contributed by atoms with Crippen molar-refractivity contribution in [3.63, 3.8) is 0 Å². The molecule has 0 radical (unpaired) electrons. The van der Waals surface area contributed by atoms with Gasteiger partial charge in [0.2, 0.25) is 0 Å². The molecule has 0 saturated heterocycles. The van der Waals surface area contributed by atoms with Gasteiger partial charge in [0.05, 0.1) is 5.56 Å². The third kappa shape index (κ3) is 5.37. The first-order chi connectivity index (χ1) is 8.43. The summed E-state index contributed by atoms with van der Waals surface area (Å²) in [5, 5.41) is 51.1. The zero-order valence-corrected chi connectivity index (χ0v) is 9.57. The maximum Gasteiger partial charge on any atom is 0.335 e. The number of carboxylic acid groups (broad SMARTS) is 1. The maximum absolute atomic E-state index is 10.3. The van der Waals surface area contributed by atoms with Crippen molar-refractivity contribution in [1.82, 2.24) is 0 Å². The molecule has 0 aliphatic carbocycles. The summed E-state index contributed by atoms with van der Waals surface area (Å²) in [5.74, 6) is -3.33. The van der Waals surface area contributed by atoms with Crippen molar-refractivity contribution < 1.29 is 35.4 Å². The van der Waals surface area contributed by atoms with Gasteiger partial charge in [-0.05, 0) is 25.0 Å². The Morgan fingerprint density at radius 3 is 1.61 bits per heavy atom. The molecule has 0 fully saturated rings. The van der Waals surface area contributed by atoms with E-state index in [-0.39, 0.29) is 18.8 Å². The SMILES string of the molecule is O=C(O)c1cc(O)c(O)c(O)c1.OCCCCO. The van der Waals surface area contributed by atoms with Gasteiger partial charge in [-0.1, -0.05) is 0 Å². The highest BCUT2D eigenvalue weighted by Gasteiger charge is 2.11. The maximum atomic E-state index is 10.3. The summed E-state index contributed by atoms with van der Waals surface area (Å²) in [7, 11) is 0. The Balaban J connectivity index is 0.000000411. The number of carboxylic acids is 1. The fourth-order valence-corrected chi connectivity index (χ4v) is 0.951. The molecule has 0 spiro atoms. The van der Waals surface area contributed by atoms with Crippen molar-refractivity contribution >= 4 is 5.97 Å². The molecule has 102 valence electrons. The fourth-order valence-electron chi connectivity index (χ4n) is 0.951. The lowest BCUT2D eigenvalue weighted by Crippen LogP contribution is -1.95.